The SMILES string of the molecule is Cc1cc(C)c(-c2nc3c4cccnc4c4ccncc4n3c2-c2c(C)cc(C)cc2C)c(C)c1. The van der Waals surface area contributed by atoms with Gasteiger partial charge in [0.15, 0.2) is 0 Å². The molecule has 4 heterocycles. The quantitative estimate of drug-likeness (QED) is 0.252. The summed E-state index contributed by atoms with van der Waals surface area (Å²) in [5, 5.41) is 2.12. The van der Waals surface area contributed by atoms with E-state index in [2.05, 4.69) is 87.3 Å². The molecule has 0 aliphatic rings. The first-order valence-corrected chi connectivity index (χ1v) is 12.0. The van der Waals surface area contributed by atoms with Crippen LogP contribution in [0.3, 0.4) is 0 Å². The molecule has 4 nitrogen and oxygen atoms in total. The maximum absolute atomic E-state index is 5.39. The minimum atomic E-state index is 0.914. The molecule has 0 bridgehead atoms. The van der Waals surface area contributed by atoms with Gasteiger partial charge in [-0.25, -0.2) is 4.98 Å². The number of fused-ring (bicyclic) bond motifs is 6. The zero-order valence-corrected chi connectivity index (χ0v) is 21.1. The molecule has 0 saturated heterocycles. The highest BCUT2D eigenvalue weighted by atomic mass is 15.0. The van der Waals surface area contributed by atoms with Crippen LogP contribution in [-0.2, 0) is 0 Å². The van der Waals surface area contributed by atoms with Crippen LogP contribution in [0.15, 0.2) is 61.1 Å². The number of benzene rings is 2. The number of aryl methyl sites for hydroxylation is 6. The molecule has 6 rings (SSSR count). The van der Waals surface area contributed by atoms with Gasteiger partial charge in [-0.2, -0.15) is 0 Å². The molecule has 4 heteroatoms. The van der Waals surface area contributed by atoms with Gasteiger partial charge in [-0.05, 0) is 82.0 Å². The summed E-state index contributed by atoms with van der Waals surface area (Å²) in [6, 6.07) is 15.2. The fourth-order valence-electron chi connectivity index (χ4n) is 5.91. The highest BCUT2D eigenvalue weighted by Gasteiger charge is 2.25. The van der Waals surface area contributed by atoms with E-state index in [1.165, 1.54) is 44.5 Å². The Morgan fingerprint density at radius 2 is 1.31 bits per heavy atom. The van der Waals surface area contributed by atoms with E-state index in [9.17, 15) is 0 Å². The van der Waals surface area contributed by atoms with Crippen molar-refractivity contribution < 1.29 is 0 Å². The molecule has 0 N–H and O–H groups in total. The molecule has 0 atom stereocenters. The van der Waals surface area contributed by atoms with Gasteiger partial charge in [0.05, 0.1) is 28.6 Å². The second-order valence-corrected chi connectivity index (χ2v) is 9.81. The number of aromatic nitrogens is 4. The fourth-order valence-corrected chi connectivity index (χ4v) is 5.91. The lowest BCUT2D eigenvalue weighted by molar-refractivity contribution is 1.21. The number of nitrogens with zero attached hydrogens (tertiary/aromatic N) is 4. The second-order valence-electron chi connectivity index (χ2n) is 9.81. The molecule has 4 aromatic heterocycles. The molecule has 0 fully saturated rings. The normalized spacial score (nSPS) is 11.7. The molecule has 0 aliphatic heterocycles. The Balaban J connectivity index is 1.92. The van der Waals surface area contributed by atoms with Gasteiger partial charge in [-0.15, -0.1) is 0 Å². The number of imidazole rings is 1. The lowest BCUT2D eigenvalue weighted by Crippen LogP contribution is -2.00. The first-order valence-electron chi connectivity index (χ1n) is 12.0. The summed E-state index contributed by atoms with van der Waals surface area (Å²) >= 11 is 0. The predicted molar refractivity (Wildman–Crippen MR) is 145 cm³/mol. The van der Waals surface area contributed by atoms with Gasteiger partial charge in [-0.1, -0.05) is 35.4 Å². The molecule has 0 saturated carbocycles. The lowest BCUT2D eigenvalue weighted by atomic mass is 9.91. The number of rotatable bonds is 2. The molecule has 0 aliphatic carbocycles. The van der Waals surface area contributed by atoms with Crippen LogP contribution in [-0.4, -0.2) is 19.4 Å². The van der Waals surface area contributed by atoms with E-state index in [1.807, 2.05) is 24.7 Å². The Morgan fingerprint density at radius 1 is 0.686 bits per heavy atom. The topological polar surface area (TPSA) is 43.1 Å². The zero-order valence-electron chi connectivity index (χ0n) is 21.1. The highest BCUT2D eigenvalue weighted by Crippen LogP contribution is 2.42. The van der Waals surface area contributed by atoms with Gasteiger partial charge < -0.3 is 0 Å². The molecule has 35 heavy (non-hydrogen) atoms. The Bertz CT molecular complexity index is 1760. The van der Waals surface area contributed by atoms with Gasteiger partial charge in [0, 0.05) is 34.3 Å². The van der Waals surface area contributed by atoms with E-state index in [4.69, 9.17) is 9.97 Å². The maximum atomic E-state index is 5.39. The summed E-state index contributed by atoms with van der Waals surface area (Å²) < 4.78 is 2.31. The maximum Gasteiger partial charge on any atom is 0.148 e. The average Bonchev–Trinajstić information content (AvgIpc) is 3.18. The third-order valence-corrected chi connectivity index (χ3v) is 7.05. The van der Waals surface area contributed by atoms with Gasteiger partial charge in [-0.3, -0.25) is 14.4 Å². The van der Waals surface area contributed by atoms with Gasteiger partial charge in [0.2, 0.25) is 0 Å². The van der Waals surface area contributed by atoms with Crippen LogP contribution < -0.4 is 0 Å². The van der Waals surface area contributed by atoms with Crippen molar-refractivity contribution >= 4 is 27.5 Å². The summed E-state index contributed by atoms with van der Waals surface area (Å²) in [7, 11) is 0. The molecular weight excluding hydrogens is 428 g/mol. The van der Waals surface area contributed by atoms with Crippen LogP contribution in [0.1, 0.15) is 33.4 Å². The first kappa shape index (κ1) is 21.5. The summed E-state index contributed by atoms with van der Waals surface area (Å²) in [5.74, 6) is 0. The number of hydrogen-bond acceptors (Lipinski definition) is 3. The minimum Gasteiger partial charge on any atom is -0.289 e. The van der Waals surface area contributed by atoms with Crippen molar-refractivity contribution in [2.24, 2.45) is 0 Å². The number of pyridine rings is 3. The van der Waals surface area contributed by atoms with E-state index in [0.29, 0.717) is 0 Å². The van der Waals surface area contributed by atoms with E-state index < -0.39 is 0 Å². The highest BCUT2D eigenvalue weighted by molar-refractivity contribution is 6.11. The largest absolute Gasteiger partial charge is 0.289 e. The van der Waals surface area contributed by atoms with Crippen LogP contribution in [0.2, 0.25) is 0 Å². The summed E-state index contributed by atoms with van der Waals surface area (Å²) in [4.78, 5) is 14.7. The van der Waals surface area contributed by atoms with Crippen molar-refractivity contribution in [1.82, 2.24) is 19.4 Å². The van der Waals surface area contributed by atoms with Crippen molar-refractivity contribution in [1.29, 1.82) is 0 Å². The Morgan fingerprint density at radius 3 is 1.97 bits per heavy atom. The standard InChI is InChI=1S/C31H28N4/c1-17-12-19(3)26(20(4)13-17)29-30(27-21(5)14-18(2)15-22(27)6)35-25-16-32-11-9-23(25)28-24(31(35)34-29)8-7-10-33-28/h7-16H,1-6H3. The molecule has 172 valence electrons. The molecule has 6 aromatic rings. The zero-order chi connectivity index (χ0) is 24.4. The number of hydrogen-bond donors (Lipinski definition) is 0. The molecule has 0 unspecified atom stereocenters. The van der Waals surface area contributed by atoms with Gasteiger partial charge in [0.25, 0.3) is 0 Å². The van der Waals surface area contributed by atoms with Crippen molar-refractivity contribution in [2.45, 2.75) is 41.5 Å². The van der Waals surface area contributed by atoms with E-state index in [1.54, 1.807) is 0 Å². The molecular formula is C31H28N4. The van der Waals surface area contributed by atoms with Crippen molar-refractivity contribution in [3.63, 3.8) is 0 Å². The molecule has 0 spiro atoms. The van der Waals surface area contributed by atoms with Crippen LogP contribution >= 0.6 is 0 Å². The Labute approximate surface area is 205 Å². The smallest absolute Gasteiger partial charge is 0.148 e. The van der Waals surface area contributed by atoms with Crippen molar-refractivity contribution in [2.75, 3.05) is 0 Å². The predicted octanol–water partition coefficient (Wildman–Crippen LogP) is 7.62. The summed E-state index contributed by atoms with van der Waals surface area (Å²) in [6.45, 7) is 13.1. The Kier molecular flexibility index (Phi) is 4.75. The van der Waals surface area contributed by atoms with Crippen LogP contribution in [0.4, 0.5) is 0 Å². The van der Waals surface area contributed by atoms with Crippen LogP contribution in [0.25, 0.3) is 50.0 Å². The van der Waals surface area contributed by atoms with Gasteiger partial charge >= 0.3 is 0 Å². The van der Waals surface area contributed by atoms with Crippen LogP contribution in [0, 0.1) is 41.5 Å². The van der Waals surface area contributed by atoms with E-state index in [0.717, 1.165) is 38.8 Å². The summed E-state index contributed by atoms with van der Waals surface area (Å²) in [5.41, 5.74) is 14.9. The van der Waals surface area contributed by atoms with Crippen LogP contribution in [0.5, 0.6) is 0 Å². The van der Waals surface area contributed by atoms with Crippen molar-refractivity contribution in [3.8, 4) is 22.5 Å². The Hall–Kier alpha value is -4.05. The van der Waals surface area contributed by atoms with Crippen molar-refractivity contribution in [3.05, 3.63) is 94.4 Å². The molecule has 0 amide bonds. The monoisotopic (exact) mass is 456 g/mol. The fraction of sp³-hybridized carbons (Fsp3) is 0.194. The first-order chi connectivity index (χ1) is 16.8. The third-order valence-electron chi connectivity index (χ3n) is 7.05. The third kappa shape index (κ3) is 3.17. The van der Waals surface area contributed by atoms with E-state index in [-0.39, 0.29) is 0 Å². The molecule has 2 aromatic carbocycles. The lowest BCUT2D eigenvalue weighted by Gasteiger charge is -2.17. The van der Waals surface area contributed by atoms with E-state index >= 15 is 0 Å². The minimum absolute atomic E-state index is 0.914. The second kappa shape index (κ2) is 7.74. The average molecular weight is 457 g/mol. The summed E-state index contributed by atoms with van der Waals surface area (Å²) in [6.07, 6.45) is 5.64. The molecule has 0 radical (unpaired) electrons. The van der Waals surface area contributed by atoms with Gasteiger partial charge in [0.1, 0.15) is 5.65 Å².